The molecule has 0 saturated carbocycles. The molecule has 1 N–H and O–H groups in total. The van der Waals surface area contributed by atoms with Gasteiger partial charge in [-0.2, -0.15) is 0 Å². The molecule has 3 saturated heterocycles. The molecule has 0 aromatic heterocycles. The summed E-state index contributed by atoms with van der Waals surface area (Å²) in [6.07, 6.45) is 8.94. The molecule has 0 aliphatic carbocycles. The zero-order valence-electron chi connectivity index (χ0n) is 16.3. The van der Waals surface area contributed by atoms with Crippen molar-refractivity contribution < 1.29 is 19.4 Å². The lowest BCUT2D eigenvalue weighted by atomic mass is 9.73. The van der Waals surface area contributed by atoms with E-state index in [1.165, 1.54) is 12.8 Å². The van der Waals surface area contributed by atoms with Gasteiger partial charge in [0.15, 0.2) is 0 Å². The first kappa shape index (κ1) is 19.9. The predicted octanol–water partition coefficient (Wildman–Crippen LogP) is 2.64. The van der Waals surface area contributed by atoms with Crippen molar-refractivity contribution in [1.29, 1.82) is 0 Å². The van der Waals surface area contributed by atoms with Crippen molar-refractivity contribution in [1.82, 2.24) is 9.80 Å². The highest BCUT2D eigenvalue weighted by molar-refractivity contribution is 5.67. The van der Waals surface area contributed by atoms with E-state index >= 15 is 0 Å². The number of aliphatic hydroxyl groups is 1. The maximum atomic E-state index is 11.8. The van der Waals surface area contributed by atoms with Crippen LogP contribution in [0.15, 0.2) is 0 Å². The molecule has 0 radical (unpaired) electrons. The zero-order valence-corrected chi connectivity index (χ0v) is 16.3. The van der Waals surface area contributed by atoms with Gasteiger partial charge >= 0.3 is 6.09 Å². The number of nitrogens with zero attached hydrogens (tertiary/aromatic N) is 2. The Kier molecular flexibility index (Phi) is 7.18. The maximum Gasteiger partial charge on any atom is 0.409 e. The summed E-state index contributed by atoms with van der Waals surface area (Å²) in [7, 11) is 0. The topological polar surface area (TPSA) is 62.2 Å². The number of ether oxygens (including phenoxy) is 2. The van der Waals surface area contributed by atoms with Crippen molar-refractivity contribution in [2.75, 3.05) is 46.0 Å². The minimum atomic E-state index is -0.170. The van der Waals surface area contributed by atoms with Crippen molar-refractivity contribution in [3.05, 3.63) is 0 Å². The number of carbonyl (C=O) groups excluding carboxylic acids is 1. The fraction of sp³-hybridized carbons (Fsp3) is 0.950. The van der Waals surface area contributed by atoms with E-state index in [0.717, 1.165) is 71.3 Å². The van der Waals surface area contributed by atoms with E-state index in [1.807, 2.05) is 11.8 Å². The average Bonchev–Trinajstić information content (AvgIpc) is 2.70. The first-order valence-corrected chi connectivity index (χ1v) is 10.5. The highest BCUT2D eigenvalue weighted by Crippen LogP contribution is 2.39. The lowest BCUT2D eigenvalue weighted by Gasteiger charge is -2.46. The van der Waals surface area contributed by atoms with Crippen LogP contribution >= 0.6 is 0 Å². The van der Waals surface area contributed by atoms with Crippen molar-refractivity contribution >= 4 is 6.09 Å². The number of hydrogen-bond acceptors (Lipinski definition) is 5. The normalized spacial score (nSPS) is 28.1. The molecular weight excluding hydrogens is 332 g/mol. The van der Waals surface area contributed by atoms with E-state index in [9.17, 15) is 9.90 Å². The summed E-state index contributed by atoms with van der Waals surface area (Å²) in [5.41, 5.74) is 0.0458. The lowest BCUT2D eigenvalue weighted by Crippen LogP contribution is -2.51. The quantitative estimate of drug-likeness (QED) is 0.808. The van der Waals surface area contributed by atoms with Gasteiger partial charge in [0.2, 0.25) is 0 Å². The van der Waals surface area contributed by atoms with Crippen LogP contribution in [0.25, 0.3) is 0 Å². The van der Waals surface area contributed by atoms with E-state index in [4.69, 9.17) is 9.47 Å². The second-order valence-corrected chi connectivity index (χ2v) is 8.30. The van der Waals surface area contributed by atoms with Crippen LogP contribution in [0.2, 0.25) is 0 Å². The van der Waals surface area contributed by atoms with Crippen LogP contribution in [0, 0.1) is 5.41 Å². The van der Waals surface area contributed by atoms with Gasteiger partial charge < -0.3 is 24.4 Å². The molecule has 6 heteroatoms. The van der Waals surface area contributed by atoms with Gasteiger partial charge in [-0.25, -0.2) is 4.79 Å². The smallest absolute Gasteiger partial charge is 0.409 e. The van der Waals surface area contributed by atoms with Gasteiger partial charge in [0.1, 0.15) is 0 Å². The minimum Gasteiger partial charge on any atom is -0.450 e. The molecule has 1 amide bonds. The standard InChI is InChI=1S/C20H36N2O4/c1-2-25-19(24)22-10-6-17(7-11-22)21-12-8-20(16-23,9-13-21)15-18-5-3-4-14-26-18/h17-18,23H,2-16H2,1H3. The molecule has 3 fully saturated rings. The Hall–Kier alpha value is -0.850. The van der Waals surface area contributed by atoms with Gasteiger partial charge in [-0.05, 0) is 76.8 Å². The minimum absolute atomic E-state index is 0.0458. The van der Waals surface area contributed by atoms with Gasteiger partial charge in [0.05, 0.1) is 12.7 Å². The number of piperidine rings is 2. The molecule has 0 spiro atoms. The molecule has 3 rings (SSSR count). The van der Waals surface area contributed by atoms with Gasteiger partial charge in [-0.1, -0.05) is 0 Å². The molecule has 0 aromatic carbocycles. The Morgan fingerprint density at radius 1 is 1.15 bits per heavy atom. The molecule has 3 aliphatic heterocycles. The van der Waals surface area contributed by atoms with Crippen LogP contribution in [0.4, 0.5) is 4.79 Å². The number of hydrogen-bond donors (Lipinski definition) is 1. The van der Waals surface area contributed by atoms with E-state index in [0.29, 0.717) is 18.8 Å². The second kappa shape index (κ2) is 9.38. The Bertz CT molecular complexity index is 437. The molecule has 3 heterocycles. The average molecular weight is 369 g/mol. The Morgan fingerprint density at radius 2 is 1.88 bits per heavy atom. The summed E-state index contributed by atoms with van der Waals surface area (Å²) in [4.78, 5) is 16.3. The van der Waals surface area contributed by atoms with Crippen LogP contribution in [0.5, 0.6) is 0 Å². The zero-order chi connectivity index (χ0) is 18.4. The van der Waals surface area contributed by atoms with Crippen LogP contribution in [-0.2, 0) is 9.47 Å². The first-order chi connectivity index (χ1) is 12.7. The largest absolute Gasteiger partial charge is 0.450 e. The summed E-state index contributed by atoms with van der Waals surface area (Å²) in [5.74, 6) is 0. The fourth-order valence-electron chi connectivity index (χ4n) is 4.87. The molecule has 150 valence electrons. The Labute approximate surface area is 157 Å². The van der Waals surface area contributed by atoms with Crippen LogP contribution in [-0.4, -0.2) is 79.1 Å². The summed E-state index contributed by atoms with van der Waals surface area (Å²) >= 11 is 0. The summed E-state index contributed by atoms with van der Waals surface area (Å²) in [6, 6.07) is 0.559. The monoisotopic (exact) mass is 368 g/mol. The lowest BCUT2D eigenvalue weighted by molar-refractivity contribution is -0.0543. The van der Waals surface area contributed by atoms with Gasteiger partial charge in [-0.15, -0.1) is 0 Å². The first-order valence-electron chi connectivity index (χ1n) is 10.5. The number of aliphatic hydroxyl groups excluding tert-OH is 1. The van der Waals surface area contributed by atoms with E-state index in [1.54, 1.807) is 0 Å². The molecular formula is C20H36N2O4. The number of amides is 1. The van der Waals surface area contributed by atoms with Crippen molar-refractivity contribution in [3.8, 4) is 0 Å². The van der Waals surface area contributed by atoms with Gasteiger partial charge in [0, 0.05) is 32.3 Å². The van der Waals surface area contributed by atoms with E-state index in [2.05, 4.69) is 4.90 Å². The highest BCUT2D eigenvalue weighted by Gasteiger charge is 2.39. The third-order valence-corrected chi connectivity index (χ3v) is 6.64. The number of rotatable bonds is 5. The molecule has 0 bridgehead atoms. The fourth-order valence-corrected chi connectivity index (χ4v) is 4.87. The molecule has 6 nitrogen and oxygen atoms in total. The van der Waals surface area contributed by atoms with Crippen LogP contribution in [0.1, 0.15) is 58.3 Å². The van der Waals surface area contributed by atoms with E-state index in [-0.39, 0.29) is 18.1 Å². The Balaban J connectivity index is 1.45. The maximum absolute atomic E-state index is 11.8. The SMILES string of the molecule is CCOC(=O)N1CCC(N2CCC(CO)(CC3CCCCO3)CC2)CC1. The van der Waals surface area contributed by atoms with Gasteiger partial charge in [0.25, 0.3) is 0 Å². The number of likely N-dealkylation sites (tertiary alicyclic amines) is 2. The molecule has 3 aliphatic rings. The number of carbonyl (C=O) groups is 1. The third-order valence-electron chi connectivity index (χ3n) is 6.64. The molecule has 1 atom stereocenters. The summed E-state index contributed by atoms with van der Waals surface area (Å²) < 4.78 is 11.0. The Morgan fingerprint density at radius 3 is 2.46 bits per heavy atom. The highest BCUT2D eigenvalue weighted by atomic mass is 16.6. The third kappa shape index (κ3) is 4.90. The van der Waals surface area contributed by atoms with Crippen LogP contribution < -0.4 is 0 Å². The molecule has 1 unspecified atom stereocenters. The van der Waals surface area contributed by atoms with Gasteiger partial charge in [-0.3, -0.25) is 0 Å². The van der Waals surface area contributed by atoms with Crippen molar-refractivity contribution in [2.24, 2.45) is 5.41 Å². The molecule has 26 heavy (non-hydrogen) atoms. The summed E-state index contributed by atoms with van der Waals surface area (Å²) in [6.45, 7) is 7.15. The van der Waals surface area contributed by atoms with Crippen molar-refractivity contribution in [3.63, 3.8) is 0 Å². The van der Waals surface area contributed by atoms with E-state index < -0.39 is 0 Å². The predicted molar refractivity (Wildman–Crippen MR) is 100 cm³/mol. The second-order valence-electron chi connectivity index (χ2n) is 8.30. The molecule has 0 aromatic rings. The van der Waals surface area contributed by atoms with Crippen molar-refractivity contribution in [2.45, 2.75) is 70.4 Å². The van der Waals surface area contributed by atoms with Crippen LogP contribution in [0.3, 0.4) is 0 Å². The summed E-state index contributed by atoms with van der Waals surface area (Å²) in [5, 5.41) is 10.1.